The molecule has 23 heavy (non-hydrogen) atoms. The van der Waals surface area contributed by atoms with Crippen molar-refractivity contribution in [1.29, 1.82) is 0 Å². The summed E-state index contributed by atoms with van der Waals surface area (Å²) in [5.41, 5.74) is 1.43. The minimum absolute atomic E-state index is 0.0139. The van der Waals surface area contributed by atoms with Crippen molar-refractivity contribution in [3.63, 3.8) is 0 Å². The molecular weight excluding hydrogens is 314 g/mol. The lowest BCUT2D eigenvalue weighted by molar-refractivity contribution is -0.124. The number of amidine groups is 1. The molecule has 0 bridgehead atoms. The Morgan fingerprint density at radius 1 is 1.35 bits per heavy atom. The molecule has 1 N–H and O–H groups in total. The van der Waals surface area contributed by atoms with Gasteiger partial charge in [0, 0.05) is 12.6 Å². The molecule has 3 rings (SSSR count). The topological polar surface area (TPSA) is 74.9 Å². The third kappa shape index (κ3) is 3.81. The highest BCUT2D eigenvalue weighted by Crippen LogP contribution is 2.26. The van der Waals surface area contributed by atoms with Crippen molar-refractivity contribution in [3.05, 3.63) is 48.4 Å². The van der Waals surface area contributed by atoms with Crippen LogP contribution in [0, 0.1) is 0 Å². The molecule has 2 heterocycles. The molecule has 1 aliphatic rings. The normalized spacial score (nSPS) is 16.1. The summed E-state index contributed by atoms with van der Waals surface area (Å²) in [4.78, 5) is 29.2. The van der Waals surface area contributed by atoms with Crippen molar-refractivity contribution in [2.24, 2.45) is 4.99 Å². The maximum absolute atomic E-state index is 12.0. The number of thioether (sulfide) groups is 1. The Kier molecular flexibility index (Phi) is 4.47. The van der Waals surface area contributed by atoms with Gasteiger partial charge in [0.2, 0.25) is 11.8 Å². The van der Waals surface area contributed by atoms with Crippen LogP contribution in [0.3, 0.4) is 0 Å². The van der Waals surface area contributed by atoms with Gasteiger partial charge in [0.15, 0.2) is 5.17 Å². The minimum Gasteiger partial charge on any atom is -0.467 e. The number of nitrogens with one attached hydrogen (secondary N) is 1. The van der Waals surface area contributed by atoms with Crippen LogP contribution in [-0.4, -0.2) is 27.6 Å². The Labute approximate surface area is 137 Å². The number of hydrogen-bond donors (Lipinski definition) is 1. The first kappa shape index (κ1) is 15.4. The third-order valence-corrected chi connectivity index (χ3v) is 4.12. The zero-order chi connectivity index (χ0) is 16.2. The van der Waals surface area contributed by atoms with Crippen molar-refractivity contribution < 1.29 is 14.0 Å². The van der Waals surface area contributed by atoms with Gasteiger partial charge in [-0.25, -0.2) is 4.99 Å². The van der Waals surface area contributed by atoms with E-state index in [1.54, 1.807) is 41.5 Å². The number of benzene rings is 1. The summed E-state index contributed by atoms with van der Waals surface area (Å²) in [5, 5.41) is 3.35. The molecule has 2 aromatic rings. The molecular formula is C16H15N3O3S. The number of furan rings is 1. The van der Waals surface area contributed by atoms with Gasteiger partial charge >= 0.3 is 0 Å². The maximum atomic E-state index is 12.0. The van der Waals surface area contributed by atoms with Gasteiger partial charge in [-0.05, 0) is 36.4 Å². The highest BCUT2D eigenvalue weighted by atomic mass is 32.2. The van der Waals surface area contributed by atoms with Gasteiger partial charge in [-0.15, -0.1) is 0 Å². The zero-order valence-corrected chi connectivity index (χ0v) is 13.3. The molecule has 1 saturated heterocycles. The third-order valence-electron chi connectivity index (χ3n) is 3.16. The van der Waals surface area contributed by atoms with Crippen LogP contribution in [0.1, 0.15) is 12.7 Å². The zero-order valence-electron chi connectivity index (χ0n) is 12.5. The van der Waals surface area contributed by atoms with Crippen LogP contribution in [-0.2, 0) is 16.1 Å². The Hall–Kier alpha value is -2.54. The highest BCUT2D eigenvalue weighted by Gasteiger charge is 2.28. The molecule has 7 heteroatoms. The van der Waals surface area contributed by atoms with Gasteiger partial charge in [0.25, 0.3) is 0 Å². The number of hydrogen-bond acceptors (Lipinski definition) is 5. The Morgan fingerprint density at radius 3 is 2.78 bits per heavy atom. The van der Waals surface area contributed by atoms with Gasteiger partial charge in [-0.3, -0.25) is 14.5 Å². The van der Waals surface area contributed by atoms with E-state index in [1.165, 1.54) is 18.7 Å². The van der Waals surface area contributed by atoms with Crippen molar-refractivity contribution in [3.8, 4) is 0 Å². The molecule has 0 spiro atoms. The molecule has 1 aliphatic heterocycles. The van der Waals surface area contributed by atoms with Crippen molar-refractivity contribution in [2.45, 2.75) is 13.5 Å². The van der Waals surface area contributed by atoms with E-state index in [4.69, 9.17) is 4.42 Å². The lowest BCUT2D eigenvalue weighted by Gasteiger charge is -2.14. The fourth-order valence-electron chi connectivity index (χ4n) is 2.13. The molecule has 2 amide bonds. The molecule has 0 radical (unpaired) electrons. The van der Waals surface area contributed by atoms with E-state index in [9.17, 15) is 9.59 Å². The van der Waals surface area contributed by atoms with Gasteiger partial charge in [-0.1, -0.05) is 11.8 Å². The van der Waals surface area contributed by atoms with Crippen LogP contribution >= 0.6 is 11.8 Å². The van der Waals surface area contributed by atoms with Crippen molar-refractivity contribution >= 4 is 40.1 Å². The smallest absolute Gasteiger partial charge is 0.239 e. The lowest BCUT2D eigenvalue weighted by atomic mass is 10.3. The fourth-order valence-corrected chi connectivity index (χ4v) is 3.03. The lowest BCUT2D eigenvalue weighted by Crippen LogP contribution is -2.28. The van der Waals surface area contributed by atoms with Crippen LogP contribution in [0.2, 0.25) is 0 Å². The standard InChI is InChI=1S/C16H15N3O3S/c1-11(20)17-12-4-6-13(7-5-12)18-16-19(15(21)10-23-16)9-14-3-2-8-22-14/h2-8H,9-10H2,1H3,(H,17,20)/b18-16-. The summed E-state index contributed by atoms with van der Waals surface area (Å²) in [6.07, 6.45) is 1.58. The predicted octanol–water partition coefficient (Wildman–Crippen LogP) is 3.00. The van der Waals surface area contributed by atoms with E-state index < -0.39 is 0 Å². The number of aliphatic imine (C=N–C) groups is 1. The number of carbonyl (C=O) groups excluding carboxylic acids is 2. The average Bonchev–Trinajstić information content (AvgIpc) is 3.14. The SMILES string of the molecule is CC(=O)Nc1ccc(/N=C2\SCC(=O)N2Cc2ccco2)cc1. The van der Waals surface area contributed by atoms with Crippen LogP contribution in [0.25, 0.3) is 0 Å². The number of amides is 2. The first-order valence-electron chi connectivity index (χ1n) is 7.04. The van der Waals surface area contributed by atoms with Crippen LogP contribution in [0.5, 0.6) is 0 Å². The summed E-state index contributed by atoms with van der Waals surface area (Å²) in [5.74, 6) is 0.990. The summed E-state index contributed by atoms with van der Waals surface area (Å²) in [7, 11) is 0. The van der Waals surface area contributed by atoms with Crippen LogP contribution < -0.4 is 5.32 Å². The van der Waals surface area contributed by atoms with Crippen LogP contribution in [0.4, 0.5) is 11.4 Å². The minimum atomic E-state index is -0.120. The van der Waals surface area contributed by atoms with Crippen LogP contribution in [0.15, 0.2) is 52.1 Å². The molecule has 0 unspecified atom stereocenters. The number of carbonyl (C=O) groups is 2. The van der Waals surface area contributed by atoms with E-state index in [2.05, 4.69) is 10.3 Å². The van der Waals surface area contributed by atoms with Gasteiger partial charge < -0.3 is 9.73 Å². The second-order valence-electron chi connectivity index (χ2n) is 4.97. The Morgan fingerprint density at radius 2 is 2.13 bits per heavy atom. The van der Waals surface area contributed by atoms with Crippen molar-refractivity contribution in [1.82, 2.24) is 4.90 Å². The van der Waals surface area contributed by atoms with E-state index in [1.807, 2.05) is 6.07 Å². The van der Waals surface area contributed by atoms with E-state index in [0.717, 1.165) is 11.4 Å². The second kappa shape index (κ2) is 6.70. The summed E-state index contributed by atoms with van der Waals surface area (Å²) in [6, 6.07) is 10.8. The second-order valence-corrected chi connectivity index (χ2v) is 5.91. The molecule has 6 nitrogen and oxygen atoms in total. The number of anilines is 1. The monoisotopic (exact) mass is 329 g/mol. The molecule has 1 aromatic carbocycles. The van der Waals surface area contributed by atoms with Crippen molar-refractivity contribution in [2.75, 3.05) is 11.1 Å². The number of rotatable bonds is 4. The quantitative estimate of drug-likeness (QED) is 0.935. The van der Waals surface area contributed by atoms with E-state index in [0.29, 0.717) is 23.2 Å². The van der Waals surface area contributed by atoms with E-state index >= 15 is 0 Å². The summed E-state index contributed by atoms with van der Waals surface area (Å²) in [6.45, 7) is 1.84. The van der Waals surface area contributed by atoms with Gasteiger partial charge in [0.05, 0.1) is 24.2 Å². The Bertz CT molecular complexity index is 738. The predicted molar refractivity (Wildman–Crippen MR) is 89.6 cm³/mol. The van der Waals surface area contributed by atoms with Gasteiger partial charge in [0.1, 0.15) is 5.76 Å². The Balaban J connectivity index is 1.77. The maximum Gasteiger partial charge on any atom is 0.239 e. The first-order chi connectivity index (χ1) is 11.1. The fraction of sp³-hybridized carbons (Fsp3) is 0.188. The summed E-state index contributed by atoms with van der Waals surface area (Å²) < 4.78 is 5.30. The first-order valence-corrected chi connectivity index (χ1v) is 8.02. The van der Waals surface area contributed by atoms with Gasteiger partial charge in [-0.2, -0.15) is 0 Å². The van der Waals surface area contributed by atoms with E-state index in [-0.39, 0.29) is 11.8 Å². The largest absolute Gasteiger partial charge is 0.467 e. The highest BCUT2D eigenvalue weighted by molar-refractivity contribution is 8.15. The molecule has 118 valence electrons. The summed E-state index contributed by atoms with van der Waals surface area (Å²) >= 11 is 1.41. The molecule has 1 fully saturated rings. The molecule has 0 atom stereocenters. The average molecular weight is 329 g/mol. The number of nitrogens with zero attached hydrogens (tertiary/aromatic N) is 2. The molecule has 0 saturated carbocycles. The molecule has 0 aliphatic carbocycles. The molecule has 1 aromatic heterocycles.